The van der Waals surface area contributed by atoms with Crippen LogP contribution in [0, 0.1) is 5.82 Å². The van der Waals surface area contributed by atoms with Gasteiger partial charge in [0.1, 0.15) is 11.5 Å². The van der Waals surface area contributed by atoms with Crippen LogP contribution in [0.3, 0.4) is 0 Å². The van der Waals surface area contributed by atoms with Crippen LogP contribution in [0.2, 0.25) is 0 Å². The van der Waals surface area contributed by atoms with Crippen molar-refractivity contribution in [3.05, 3.63) is 91.0 Å². The Balaban J connectivity index is 1.39. The Morgan fingerprint density at radius 2 is 1.74 bits per heavy atom. The number of hydrogen-bond acceptors (Lipinski definition) is 4. The van der Waals surface area contributed by atoms with Crippen LogP contribution in [-0.4, -0.2) is 51.6 Å². The molecule has 8 heteroatoms. The van der Waals surface area contributed by atoms with Crippen molar-refractivity contribution in [2.45, 2.75) is 0 Å². The summed E-state index contributed by atoms with van der Waals surface area (Å²) < 4.78 is 14.6. The number of benzene rings is 3. The van der Waals surface area contributed by atoms with Crippen LogP contribution >= 0.6 is 0 Å². The highest BCUT2D eigenvalue weighted by Gasteiger charge is 2.16. The van der Waals surface area contributed by atoms with Crippen molar-refractivity contribution in [2.75, 3.05) is 26.0 Å². The molecule has 38 heavy (non-hydrogen) atoms. The second-order valence-corrected chi connectivity index (χ2v) is 9.51. The summed E-state index contributed by atoms with van der Waals surface area (Å²) in [5.74, 6) is -0.360. The minimum atomic E-state index is -0.258. The van der Waals surface area contributed by atoms with Crippen LogP contribution in [0.4, 0.5) is 10.1 Å². The van der Waals surface area contributed by atoms with Crippen LogP contribution in [-0.2, 0) is 4.79 Å². The molecular formula is C30H25FN6O. The molecule has 0 saturated heterocycles. The number of carbonyl (C=O) groups excluding carboxylic acids is 1. The van der Waals surface area contributed by atoms with Gasteiger partial charge in [-0.15, -0.1) is 0 Å². The molecule has 7 nitrogen and oxygen atoms in total. The number of aromatic nitrogens is 4. The van der Waals surface area contributed by atoms with Crippen LogP contribution in [0.15, 0.2) is 85.2 Å². The van der Waals surface area contributed by atoms with E-state index < -0.39 is 0 Å². The van der Waals surface area contributed by atoms with E-state index >= 15 is 0 Å². The van der Waals surface area contributed by atoms with Crippen molar-refractivity contribution in [1.82, 2.24) is 25.1 Å². The zero-order valence-electron chi connectivity index (χ0n) is 20.9. The number of hydrogen-bond donors (Lipinski definition) is 3. The normalized spacial score (nSPS) is 11.5. The van der Waals surface area contributed by atoms with E-state index in [1.54, 1.807) is 24.5 Å². The number of pyridine rings is 1. The molecule has 0 spiro atoms. The molecule has 0 aliphatic rings. The second-order valence-electron chi connectivity index (χ2n) is 9.51. The molecule has 0 aliphatic heterocycles. The lowest BCUT2D eigenvalue weighted by Gasteiger charge is -2.11. The molecular weight excluding hydrogens is 479 g/mol. The third-order valence-electron chi connectivity index (χ3n) is 6.46. The number of anilines is 1. The van der Waals surface area contributed by atoms with Crippen LogP contribution in [0.25, 0.3) is 55.4 Å². The van der Waals surface area contributed by atoms with Crippen LogP contribution in [0.5, 0.6) is 0 Å². The van der Waals surface area contributed by atoms with Crippen LogP contribution in [0.1, 0.15) is 0 Å². The predicted octanol–water partition coefficient (Wildman–Crippen LogP) is 6.08. The van der Waals surface area contributed by atoms with E-state index in [-0.39, 0.29) is 18.3 Å². The van der Waals surface area contributed by atoms with Gasteiger partial charge in [-0.05, 0) is 61.6 Å². The first-order chi connectivity index (χ1) is 18.5. The Labute approximate surface area is 218 Å². The third kappa shape index (κ3) is 4.42. The Hall–Kier alpha value is -4.82. The molecule has 0 atom stereocenters. The van der Waals surface area contributed by atoms with Gasteiger partial charge >= 0.3 is 0 Å². The molecule has 0 fully saturated rings. The fraction of sp³-hybridized carbons (Fsp3) is 0.100. The average molecular weight is 505 g/mol. The van der Waals surface area contributed by atoms with Crippen molar-refractivity contribution in [1.29, 1.82) is 0 Å². The van der Waals surface area contributed by atoms with Crippen molar-refractivity contribution < 1.29 is 9.18 Å². The van der Waals surface area contributed by atoms with Gasteiger partial charge in [0.2, 0.25) is 5.91 Å². The summed E-state index contributed by atoms with van der Waals surface area (Å²) in [6, 6.07) is 22.6. The van der Waals surface area contributed by atoms with Gasteiger partial charge in [0.05, 0.1) is 29.6 Å². The number of rotatable bonds is 6. The molecule has 188 valence electrons. The molecule has 0 unspecified atom stereocenters. The molecule has 0 saturated carbocycles. The topological polar surface area (TPSA) is 89.7 Å². The van der Waals surface area contributed by atoms with Gasteiger partial charge in [-0.2, -0.15) is 5.10 Å². The fourth-order valence-corrected chi connectivity index (χ4v) is 4.75. The summed E-state index contributed by atoms with van der Waals surface area (Å²) in [4.78, 5) is 21.8. The van der Waals surface area contributed by atoms with E-state index in [4.69, 9.17) is 0 Å². The maximum Gasteiger partial charge on any atom is 0.238 e. The standard InChI is InChI=1S/C30H25FN6O/c1-37(2)17-29(38)33-20-12-19(15-32-16-20)18-10-11-27-24(13-18)30(36-35-27)28-14-23-21(7-5-9-26(23)34-28)22-6-3-4-8-25(22)31/h3-16,34H,17H2,1-2H3,(H,33,38)(H,35,36). The number of halogens is 1. The van der Waals surface area contributed by atoms with Crippen molar-refractivity contribution in [2.24, 2.45) is 0 Å². The maximum absolute atomic E-state index is 14.6. The van der Waals surface area contributed by atoms with Crippen LogP contribution < -0.4 is 5.32 Å². The number of H-pyrrole nitrogens is 2. The number of carbonyl (C=O) groups is 1. The largest absolute Gasteiger partial charge is 0.353 e. The Morgan fingerprint density at radius 3 is 2.58 bits per heavy atom. The maximum atomic E-state index is 14.6. The van der Waals surface area contributed by atoms with Crippen molar-refractivity contribution in [3.8, 4) is 33.6 Å². The molecule has 3 aromatic carbocycles. The quantitative estimate of drug-likeness (QED) is 0.256. The molecule has 0 bridgehead atoms. The van der Waals surface area contributed by atoms with Crippen molar-refractivity contribution >= 4 is 33.4 Å². The first-order valence-electron chi connectivity index (χ1n) is 12.2. The lowest BCUT2D eigenvalue weighted by molar-refractivity contribution is -0.116. The third-order valence-corrected chi connectivity index (χ3v) is 6.46. The number of fused-ring (bicyclic) bond motifs is 2. The first kappa shape index (κ1) is 23.6. The average Bonchev–Trinajstić information content (AvgIpc) is 3.52. The van der Waals surface area contributed by atoms with E-state index in [1.165, 1.54) is 6.07 Å². The molecule has 0 aliphatic carbocycles. The second kappa shape index (κ2) is 9.57. The van der Waals surface area contributed by atoms with Gasteiger partial charge in [-0.3, -0.25) is 14.9 Å². The van der Waals surface area contributed by atoms with Gasteiger partial charge < -0.3 is 15.2 Å². The molecule has 6 aromatic rings. The molecule has 3 aromatic heterocycles. The van der Waals surface area contributed by atoms with E-state index in [9.17, 15) is 9.18 Å². The highest BCUT2D eigenvalue weighted by molar-refractivity contribution is 6.02. The van der Waals surface area contributed by atoms with Crippen molar-refractivity contribution in [3.63, 3.8) is 0 Å². The number of nitrogens with zero attached hydrogens (tertiary/aromatic N) is 3. The number of nitrogens with one attached hydrogen (secondary N) is 3. The zero-order chi connectivity index (χ0) is 26.2. The summed E-state index contributed by atoms with van der Waals surface area (Å²) in [6.07, 6.45) is 3.41. The van der Waals surface area contributed by atoms with Gasteiger partial charge in [0.25, 0.3) is 0 Å². The molecule has 3 N–H and O–H groups in total. The van der Waals surface area contributed by atoms with Gasteiger partial charge in [-0.1, -0.05) is 36.4 Å². The molecule has 6 rings (SSSR count). The highest BCUT2D eigenvalue weighted by atomic mass is 19.1. The summed E-state index contributed by atoms with van der Waals surface area (Å²) in [7, 11) is 3.69. The summed E-state index contributed by atoms with van der Waals surface area (Å²) in [6.45, 7) is 0.289. The van der Waals surface area contributed by atoms with E-state index in [2.05, 4.69) is 31.5 Å². The van der Waals surface area contributed by atoms with E-state index in [1.807, 2.05) is 67.5 Å². The fourth-order valence-electron chi connectivity index (χ4n) is 4.75. The Kier molecular flexibility index (Phi) is 5.94. The summed E-state index contributed by atoms with van der Waals surface area (Å²) in [5.41, 5.74) is 7.22. The minimum Gasteiger partial charge on any atom is -0.353 e. The Morgan fingerprint density at radius 1 is 0.895 bits per heavy atom. The number of aromatic amines is 2. The molecule has 0 radical (unpaired) electrons. The molecule has 3 heterocycles. The first-order valence-corrected chi connectivity index (χ1v) is 12.2. The highest BCUT2D eigenvalue weighted by Crippen LogP contribution is 2.36. The number of likely N-dealkylation sites (N-methyl/N-ethyl adjacent to an activating group) is 1. The lowest BCUT2D eigenvalue weighted by atomic mass is 10.0. The minimum absolute atomic E-state index is 0.102. The zero-order valence-corrected chi connectivity index (χ0v) is 20.9. The lowest BCUT2D eigenvalue weighted by Crippen LogP contribution is -2.27. The van der Waals surface area contributed by atoms with Gasteiger partial charge in [0.15, 0.2) is 0 Å². The van der Waals surface area contributed by atoms with E-state index in [0.29, 0.717) is 11.3 Å². The SMILES string of the molecule is CN(C)CC(=O)Nc1cncc(-c2ccc3[nH]nc(-c4cc5c(-c6ccccc6F)cccc5[nH]4)c3c2)c1. The molecule has 1 amide bonds. The summed E-state index contributed by atoms with van der Waals surface area (Å²) in [5, 5.41) is 12.5. The Bertz CT molecular complexity index is 1800. The predicted molar refractivity (Wildman–Crippen MR) is 149 cm³/mol. The van der Waals surface area contributed by atoms with Gasteiger partial charge in [-0.25, -0.2) is 4.39 Å². The summed E-state index contributed by atoms with van der Waals surface area (Å²) >= 11 is 0. The number of amides is 1. The van der Waals surface area contributed by atoms with Gasteiger partial charge in [0, 0.05) is 33.6 Å². The smallest absolute Gasteiger partial charge is 0.238 e. The van der Waals surface area contributed by atoms with E-state index in [0.717, 1.165) is 49.9 Å². The monoisotopic (exact) mass is 504 g/mol.